The summed E-state index contributed by atoms with van der Waals surface area (Å²) in [6.07, 6.45) is 0. The van der Waals surface area contributed by atoms with E-state index in [0.29, 0.717) is 22.4 Å². The maximum absolute atomic E-state index is 13.5. The molecular formula is C17H17FN2O3. The predicted molar refractivity (Wildman–Crippen MR) is 83.4 cm³/mol. The van der Waals surface area contributed by atoms with Crippen LogP contribution < -0.4 is 15.8 Å². The van der Waals surface area contributed by atoms with E-state index < -0.39 is 5.91 Å². The molecule has 23 heavy (non-hydrogen) atoms. The molecule has 2 aromatic rings. The number of benzene rings is 2. The maximum Gasteiger partial charge on any atom is 0.255 e. The fourth-order valence-electron chi connectivity index (χ4n) is 1.91. The van der Waals surface area contributed by atoms with Gasteiger partial charge in [0.15, 0.2) is 6.61 Å². The van der Waals surface area contributed by atoms with Gasteiger partial charge >= 0.3 is 0 Å². The molecule has 0 heterocycles. The molecule has 2 rings (SSSR count). The van der Waals surface area contributed by atoms with E-state index in [4.69, 9.17) is 10.5 Å². The first-order valence-electron chi connectivity index (χ1n) is 7.00. The Labute approximate surface area is 133 Å². The lowest BCUT2D eigenvalue weighted by atomic mass is 10.1. The lowest BCUT2D eigenvalue weighted by Crippen LogP contribution is -2.23. The number of primary amides is 1. The highest BCUT2D eigenvalue weighted by Crippen LogP contribution is 2.14. The van der Waals surface area contributed by atoms with Gasteiger partial charge in [-0.25, -0.2) is 4.39 Å². The number of rotatable bonds is 6. The molecule has 0 radical (unpaired) electrons. The number of hydrogen-bond acceptors (Lipinski definition) is 3. The Bertz CT molecular complexity index is 732. The second-order valence-corrected chi connectivity index (χ2v) is 5.05. The van der Waals surface area contributed by atoms with Crippen molar-refractivity contribution in [2.45, 2.75) is 13.5 Å². The third-order valence-corrected chi connectivity index (χ3v) is 3.17. The molecule has 0 aromatic heterocycles. The second kappa shape index (κ2) is 7.40. The van der Waals surface area contributed by atoms with Gasteiger partial charge < -0.3 is 15.8 Å². The molecule has 0 saturated carbocycles. The molecule has 0 atom stereocenters. The highest BCUT2D eigenvalue weighted by molar-refractivity contribution is 5.94. The summed E-state index contributed by atoms with van der Waals surface area (Å²) in [7, 11) is 0. The number of carbonyl (C=O) groups excluding carboxylic acids is 2. The Morgan fingerprint density at radius 3 is 2.70 bits per heavy atom. The van der Waals surface area contributed by atoms with Gasteiger partial charge in [-0.05, 0) is 42.3 Å². The molecule has 2 amide bonds. The Morgan fingerprint density at radius 1 is 1.22 bits per heavy atom. The van der Waals surface area contributed by atoms with Crippen molar-refractivity contribution in [2.75, 3.05) is 6.61 Å². The average molecular weight is 316 g/mol. The molecule has 0 unspecified atom stereocenters. The summed E-state index contributed by atoms with van der Waals surface area (Å²) in [4.78, 5) is 22.8. The van der Waals surface area contributed by atoms with E-state index in [1.807, 2.05) is 0 Å². The van der Waals surface area contributed by atoms with E-state index in [1.165, 1.54) is 12.1 Å². The third-order valence-electron chi connectivity index (χ3n) is 3.17. The van der Waals surface area contributed by atoms with Crippen LogP contribution in [0.4, 0.5) is 4.39 Å². The van der Waals surface area contributed by atoms with Crippen LogP contribution in [0.25, 0.3) is 0 Å². The Morgan fingerprint density at radius 2 is 2.00 bits per heavy atom. The first-order valence-corrected chi connectivity index (χ1v) is 7.00. The lowest BCUT2D eigenvalue weighted by molar-refractivity contribution is -0.119. The molecule has 0 spiro atoms. The van der Waals surface area contributed by atoms with E-state index in [0.717, 1.165) is 0 Å². The molecule has 5 nitrogen and oxygen atoms in total. The van der Waals surface area contributed by atoms with Crippen molar-refractivity contribution in [3.05, 3.63) is 65.0 Å². The number of aryl methyl sites for hydroxylation is 1. The number of carbonyl (C=O) groups is 2. The number of nitrogens with two attached hydrogens (primary N) is 1. The van der Waals surface area contributed by atoms with E-state index in [-0.39, 0.29) is 24.9 Å². The fraction of sp³-hybridized carbons (Fsp3) is 0.176. The van der Waals surface area contributed by atoms with Gasteiger partial charge in [-0.3, -0.25) is 9.59 Å². The van der Waals surface area contributed by atoms with Gasteiger partial charge in [0.2, 0.25) is 0 Å². The van der Waals surface area contributed by atoms with Crippen molar-refractivity contribution in [2.24, 2.45) is 5.73 Å². The molecule has 120 valence electrons. The smallest absolute Gasteiger partial charge is 0.255 e. The molecular weight excluding hydrogens is 299 g/mol. The predicted octanol–water partition coefficient (Wildman–Crippen LogP) is 1.93. The summed E-state index contributed by atoms with van der Waals surface area (Å²) in [5, 5.41) is 2.70. The van der Waals surface area contributed by atoms with Crippen LogP contribution in [-0.2, 0) is 11.3 Å². The van der Waals surface area contributed by atoms with Gasteiger partial charge in [-0.15, -0.1) is 0 Å². The minimum Gasteiger partial charge on any atom is -0.484 e. The third kappa shape index (κ3) is 4.81. The molecule has 0 fully saturated rings. The standard InChI is InChI=1S/C17H17FN2O3/c1-11-5-6-12(7-15(11)18)9-20-17(22)13-3-2-4-14(8-13)23-10-16(19)21/h2-8H,9-10H2,1H3,(H2,19,21)(H,20,22). The topological polar surface area (TPSA) is 81.4 Å². The van der Waals surface area contributed by atoms with Crippen molar-refractivity contribution in [3.8, 4) is 5.75 Å². The zero-order valence-electron chi connectivity index (χ0n) is 12.6. The van der Waals surface area contributed by atoms with E-state index in [1.54, 1.807) is 37.3 Å². The second-order valence-electron chi connectivity index (χ2n) is 5.05. The molecule has 0 aliphatic heterocycles. The monoisotopic (exact) mass is 316 g/mol. The van der Waals surface area contributed by atoms with Crippen LogP contribution >= 0.6 is 0 Å². The molecule has 0 aliphatic rings. The van der Waals surface area contributed by atoms with Crippen molar-refractivity contribution >= 4 is 11.8 Å². The normalized spacial score (nSPS) is 10.2. The first kappa shape index (κ1) is 16.5. The van der Waals surface area contributed by atoms with Crippen LogP contribution in [-0.4, -0.2) is 18.4 Å². The van der Waals surface area contributed by atoms with E-state index in [2.05, 4.69) is 5.32 Å². The summed E-state index contributed by atoms with van der Waals surface area (Å²) >= 11 is 0. The van der Waals surface area contributed by atoms with Crippen molar-refractivity contribution in [1.29, 1.82) is 0 Å². The zero-order valence-corrected chi connectivity index (χ0v) is 12.6. The van der Waals surface area contributed by atoms with E-state index >= 15 is 0 Å². The summed E-state index contributed by atoms with van der Waals surface area (Å²) < 4.78 is 18.6. The molecule has 6 heteroatoms. The largest absolute Gasteiger partial charge is 0.484 e. The zero-order chi connectivity index (χ0) is 16.8. The SMILES string of the molecule is Cc1ccc(CNC(=O)c2cccc(OCC(N)=O)c2)cc1F. The minimum absolute atomic E-state index is 0.211. The number of ether oxygens (including phenoxy) is 1. The summed E-state index contributed by atoms with van der Waals surface area (Å²) in [6, 6.07) is 11.2. The Balaban J connectivity index is 1.98. The lowest BCUT2D eigenvalue weighted by Gasteiger charge is -2.08. The first-order chi connectivity index (χ1) is 11.0. The summed E-state index contributed by atoms with van der Waals surface area (Å²) in [5.74, 6) is -0.854. The van der Waals surface area contributed by atoms with Crippen LogP contribution in [0.3, 0.4) is 0 Å². The highest BCUT2D eigenvalue weighted by Gasteiger charge is 2.08. The number of nitrogens with one attached hydrogen (secondary N) is 1. The fourth-order valence-corrected chi connectivity index (χ4v) is 1.91. The molecule has 0 aliphatic carbocycles. The maximum atomic E-state index is 13.5. The van der Waals surface area contributed by atoms with Crippen molar-refractivity contribution in [3.63, 3.8) is 0 Å². The molecule has 0 saturated heterocycles. The minimum atomic E-state index is -0.596. The van der Waals surface area contributed by atoms with Crippen molar-refractivity contribution in [1.82, 2.24) is 5.32 Å². The average Bonchev–Trinajstić information content (AvgIpc) is 2.54. The van der Waals surface area contributed by atoms with E-state index in [9.17, 15) is 14.0 Å². The number of hydrogen-bond donors (Lipinski definition) is 2. The molecule has 3 N–H and O–H groups in total. The van der Waals surface area contributed by atoms with Gasteiger partial charge in [0, 0.05) is 12.1 Å². The van der Waals surface area contributed by atoms with Gasteiger partial charge in [0.05, 0.1) is 0 Å². The highest BCUT2D eigenvalue weighted by atomic mass is 19.1. The molecule has 0 bridgehead atoms. The Kier molecular flexibility index (Phi) is 5.30. The van der Waals surface area contributed by atoms with Crippen LogP contribution in [0.1, 0.15) is 21.5 Å². The Hall–Kier alpha value is -2.89. The number of halogens is 1. The van der Waals surface area contributed by atoms with Crippen LogP contribution in [0.15, 0.2) is 42.5 Å². The summed E-state index contributed by atoms with van der Waals surface area (Å²) in [5.41, 5.74) is 6.60. The quantitative estimate of drug-likeness (QED) is 0.854. The number of amides is 2. The molecule has 2 aromatic carbocycles. The van der Waals surface area contributed by atoms with Gasteiger partial charge in [0.1, 0.15) is 11.6 Å². The van der Waals surface area contributed by atoms with Gasteiger partial charge in [0.25, 0.3) is 11.8 Å². The van der Waals surface area contributed by atoms with Crippen LogP contribution in [0.2, 0.25) is 0 Å². The van der Waals surface area contributed by atoms with Crippen LogP contribution in [0, 0.1) is 12.7 Å². The van der Waals surface area contributed by atoms with Gasteiger partial charge in [-0.1, -0.05) is 18.2 Å². The summed E-state index contributed by atoms with van der Waals surface area (Å²) in [6.45, 7) is 1.63. The van der Waals surface area contributed by atoms with Gasteiger partial charge in [-0.2, -0.15) is 0 Å². The van der Waals surface area contributed by atoms with Crippen LogP contribution in [0.5, 0.6) is 5.75 Å². The van der Waals surface area contributed by atoms with Crippen molar-refractivity contribution < 1.29 is 18.7 Å².